The molecule has 2 aromatic heterocycles. The first-order chi connectivity index (χ1) is 14.0. The minimum absolute atomic E-state index is 0.263. The third kappa shape index (κ3) is 4.92. The van der Waals surface area contributed by atoms with Crippen LogP contribution in [0.3, 0.4) is 0 Å². The minimum atomic E-state index is -3.45. The van der Waals surface area contributed by atoms with E-state index in [1.807, 2.05) is 24.3 Å². The van der Waals surface area contributed by atoms with E-state index >= 15 is 0 Å². The van der Waals surface area contributed by atoms with Gasteiger partial charge in [-0.1, -0.05) is 28.9 Å². The Bertz CT molecular complexity index is 1060. The van der Waals surface area contributed by atoms with Gasteiger partial charge >= 0.3 is 0 Å². The van der Waals surface area contributed by atoms with Crippen molar-refractivity contribution in [3.05, 3.63) is 40.7 Å². The van der Waals surface area contributed by atoms with Gasteiger partial charge in [-0.2, -0.15) is 0 Å². The van der Waals surface area contributed by atoms with Gasteiger partial charge in [-0.05, 0) is 43.7 Å². The van der Waals surface area contributed by atoms with E-state index in [2.05, 4.69) is 19.7 Å². The monoisotopic (exact) mass is 454 g/mol. The fourth-order valence-electron chi connectivity index (χ4n) is 3.46. The second-order valence-corrected chi connectivity index (χ2v) is 10.7. The molecule has 1 aliphatic rings. The molecule has 3 heterocycles. The Kier molecular flexibility index (Phi) is 6.41. The highest BCUT2D eigenvalue weighted by atomic mass is 35.5. The van der Waals surface area contributed by atoms with E-state index in [1.165, 1.54) is 6.07 Å². The summed E-state index contributed by atoms with van der Waals surface area (Å²) in [5, 5.41) is 5.30. The van der Waals surface area contributed by atoms with Crippen molar-refractivity contribution in [2.24, 2.45) is 0 Å². The minimum Gasteiger partial charge on any atom is -0.354 e. The number of fused-ring (bicyclic) bond motifs is 1. The van der Waals surface area contributed by atoms with Crippen molar-refractivity contribution < 1.29 is 12.9 Å². The number of benzene rings is 1. The van der Waals surface area contributed by atoms with Crippen molar-refractivity contribution in [3.8, 4) is 0 Å². The predicted molar refractivity (Wildman–Crippen MR) is 116 cm³/mol. The Labute approximate surface area is 179 Å². The first kappa shape index (κ1) is 20.6. The zero-order valence-electron chi connectivity index (χ0n) is 15.9. The first-order valence-electron chi connectivity index (χ1n) is 9.60. The van der Waals surface area contributed by atoms with Crippen LogP contribution in [-0.2, 0) is 10.0 Å². The lowest BCUT2D eigenvalue weighted by molar-refractivity contribution is 0.252. The van der Waals surface area contributed by atoms with E-state index < -0.39 is 10.0 Å². The number of nitrogens with one attached hydrogen (secondary N) is 1. The van der Waals surface area contributed by atoms with Crippen LogP contribution in [0.4, 0.5) is 5.82 Å². The van der Waals surface area contributed by atoms with Gasteiger partial charge < -0.3 is 9.42 Å². The molecule has 0 radical (unpaired) electrons. The highest BCUT2D eigenvalue weighted by Crippen LogP contribution is 2.27. The fourth-order valence-corrected chi connectivity index (χ4v) is 6.07. The van der Waals surface area contributed by atoms with Crippen LogP contribution in [0, 0.1) is 0 Å². The van der Waals surface area contributed by atoms with E-state index in [-0.39, 0.29) is 4.21 Å². The Morgan fingerprint density at radius 1 is 1.10 bits per heavy atom. The molecule has 0 saturated carbocycles. The van der Waals surface area contributed by atoms with Crippen molar-refractivity contribution in [3.63, 3.8) is 0 Å². The van der Waals surface area contributed by atoms with Gasteiger partial charge in [0.25, 0.3) is 0 Å². The molecule has 4 rings (SSSR count). The molecule has 7 nitrogen and oxygen atoms in total. The molecule has 0 aliphatic carbocycles. The molecule has 0 amide bonds. The molecular weight excluding hydrogens is 432 g/mol. The number of hydrogen-bond donors (Lipinski definition) is 1. The molecule has 156 valence electrons. The Morgan fingerprint density at radius 2 is 1.90 bits per heavy atom. The number of nitrogens with zero attached hydrogens (tertiary/aromatic N) is 3. The zero-order valence-corrected chi connectivity index (χ0v) is 18.3. The highest BCUT2D eigenvalue weighted by molar-refractivity contribution is 7.91. The third-order valence-corrected chi connectivity index (χ3v) is 8.22. The van der Waals surface area contributed by atoms with Crippen LogP contribution in [0.15, 0.2) is 45.1 Å². The van der Waals surface area contributed by atoms with Gasteiger partial charge in [0.1, 0.15) is 4.21 Å². The fraction of sp³-hybridized carbons (Fsp3) is 0.421. The van der Waals surface area contributed by atoms with Crippen LogP contribution in [0.1, 0.15) is 12.8 Å². The zero-order chi connectivity index (χ0) is 20.3. The van der Waals surface area contributed by atoms with E-state index in [0.717, 1.165) is 73.7 Å². The van der Waals surface area contributed by atoms with Gasteiger partial charge in [-0.3, -0.25) is 4.90 Å². The summed E-state index contributed by atoms with van der Waals surface area (Å²) in [5.74, 6) is 0.920. The smallest absolute Gasteiger partial charge is 0.250 e. The van der Waals surface area contributed by atoms with Crippen molar-refractivity contribution in [1.82, 2.24) is 14.8 Å². The average Bonchev–Trinajstić information content (AvgIpc) is 3.35. The van der Waals surface area contributed by atoms with Crippen LogP contribution in [0.25, 0.3) is 11.0 Å². The number of sulfonamides is 1. The van der Waals surface area contributed by atoms with Crippen molar-refractivity contribution >= 4 is 49.7 Å². The molecule has 0 atom stereocenters. The number of anilines is 1. The van der Waals surface area contributed by atoms with Crippen molar-refractivity contribution in [2.75, 3.05) is 44.2 Å². The standard InChI is InChI=1S/C19H23ClN4O3S2/c20-17-7-8-18(28-17)29(25,26)21-9-3-4-10-23-11-13-24(14-12-23)19-15-5-1-2-6-16(15)27-22-19/h1-2,5-8,21H,3-4,9-14H2. The summed E-state index contributed by atoms with van der Waals surface area (Å²) >= 11 is 6.89. The van der Waals surface area contributed by atoms with Gasteiger partial charge in [-0.25, -0.2) is 13.1 Å². The maximum absolute atomic E-state index is 12.2. The number of unbranched alkanes of at least 4 members (excludes halogenated alkanes) is 1. The maximum Gasteiger partial charge on any atom is 0.250 e. The van der Waals surface area contributed by atoms with Crippen molar-refractivity contribution in [2.45, 2.75) is 17.1 Å². The van der Waals surface area contributed by atoms with Gasteiger partial charge in [0, 0.05) is 32.7 Å². The Balaban J connectivity index is 1.18. The van der Waals surface area contributed by atoms with E-state index in [0.29, 0.717) is 10.9 Å². The summed E-state index contributed by atoms with van der Waals surface area (Å²) in [5.41, 5.74) is 0.817. The Morgan fingerprint density at radius 3 is 2.66 bits per heavy atom. The molecular formula is C19H23ClN4O3S2. The summed E-state index contributed by atoms with van der Waals surface area (Å²) in [4.78, 5) is 4.68. The molecule has 0 unspecified atom stereocenters. The number of piperazine rings is 1. The summed E-state index contributed by atoms with van der Waals surface area (Å²) in [7, 11) is -3.45. The predicted octanol–water partition coefficient (Wildman–Crippen LogP) is 3.42. The molecule has 1 fully saturated rings. The van der Waals surface area contributed by atoms with E-state index in [4.69, 9.17) is 16.1 Å². The first-order valence-corrected chi connectivity index (χ1v) is 12.3. The number of aromatic nitrogens is 1. The summed E-state index contributed by atoms with van der Waals surface area (Å²) in [6, 6.07) is 11.1. The summed E-state index contributed by atoms with van der Waals surface area (Å²) in [6.45, 7) is 5.12. The second kappa shape index (κ2) is 9.01. The molecule has 1 saturated heterocycles. The molecule has 3 aromatic rings. The third-order valence-electron chi connectivity index (χ3n) is 5.04. The lowest BCUT2D eigenvalue weighted by atomic mass is 10.2. The number of halogens is 1. The second-order valence-electron chi connectivity index (χ2n) is 6.99. The quantitative estimate of drug-likeness (QED) is 0.525. The Hall–Kier alpha value is -1.65. The van der Waals surface area contributed by atoms with Crippen molar-refractivity contribution in [1.29, 1.82) is 0 Å². The molecule has 0 spiro atoms. The molecule has 1 aromatic carbocycles. The van der Waals surface area contributed by atoms with Crippen LogP contribution >= 0.6 is 22.9 Å². The number of rotatable bonds is 8. The van der Waals surface area contributed by atoms with Crippen LogP contribution < -0.4 is 9.62 Å². The molecule has 0 bridgehead atoms. The highest BCUT2D eigenvalue weighted by Gasteiger charge is 2.21. The molecule has 10 heteroatoms. The van der Waals surface area contributed by atoms with E-state index in [1.54, 1.807) is 6.07 Å². The van der Waals surface area contributed by atoms with E-state index in [9.17, 15) is 8.42 Å². The molecule has 29 heavy (non-hydrogen) atoms. The van der Waals surface area contributed by atoms with Crippen LogP contribution in [-0.4, -0.2) is 57.7 Å². The molecule has 1 N–H and O–H groups in total. The van der Waals surface area contributed by atoms with Gasteiger partial charge in [-0.15, -0.1) is 11.3 Å². The lowest BCUT2D eigenvalue weighted by Crippen LogP contribution is -2.46. The van der Waals surface area contributed by atoms with Gasteiger partial charge in [0.2, 0.25) is 10.0 Å². The number of thiophene rings is 1. The summed E-state index contributed by atoms with van der Waals surface area (Å²) < 4.78 is 33.1. The van der Waals surface area contributed by atoms with Gasteiger partial charge in [0.15, 0.2) is 11.4 Å². The number of para-hydroxylation sites is 1. The SMILES string of the molecule is O=S(=O)(NCCCCN1CCN(c2noc3ccccc23)CC1)c1ccc(Cl)s1. The van der Waals surface area contributed by atoms with Gasteiger partial charge in [0.05, 0.1) is 9.72 Å². The topological polar surface area (TPSA) is 78.7 Å². The average molecular weight is 455 g/mol. The largest absolute Gasteiger partial charge is 0.354 e. The lowest BCUT2D eigenvalue weighted by Gasteiger charge is -2.34. The number of hydrogen-bond acceptors (Lipinski definition) is 7. The normalized spacial score (nSPS) is 16.0. The summed E-state index contributed by atoms with van der Waals surface area (Å²) in [6.07, 6.45) is 1.74. The molecule has 1 aliphatic heterocycles. The van der Waals surface area contributed by atoms with Crippen LogP contribution in [0.5, 0.6) is 0 Å². The van der Waals surface area contributed by atoms with Crippen LogP contribution in [0.2, 0.25) is 4.34 Å². The maximum atomic E-state index is 12.2.